The second-order valence-electron chi connectivity index (χ2n) is 5.80. The molecule has 0 amide bonds. The lowest BCUT2D eigenvalue weighted by Crippen LogP contribution is -2.35. The molecule has 1 aliphatic carbocycles. The maximum Gasteiger partial charge on any atom is 0.664 e. The van der Waals surface area contributed by atoms with Gasteiger partial charge in [-0.25, -0.2) is 17.7 Å². The number of rotatable bonds is 6. The quantitative estimate of drug-likeness (QED) is 0.254. The van der Waals surface area contributed by atoms with Crippen molar-refractivity contribution in [1.82, 2.24) is 5.09 Å². The summed E-state index contributed by atoms with van der Waals surface area (Å²) in [6, 6.07) is -1.18. The molecule has 1 aromatic carbocycles. The molecular formula is C15H16F5NO4P+. The third-order valence-electron chi connectivity index (χ3n) is 3.83. The number of hydrogen-bond acceptors (Lipinski definition) is 4. The Morgan fingerprint density at radius 1 is 1.00 bits per heavy atom. The van der Waals surface area contributed by atoms with Crippen LogP contribution >= 0.6 is 8.18 Å². The van der Waals surface area contributed by atoms with E-state index in [2.05, 4.69) is 9.61 Å². The predicted molar refractivity (Wildman–Crippen MR) is 80.0 cm³/mol. The molecular weight excluding hydrogens is 384 g/mol. The van der Waals surface area contributed by atoms with Crippen LogP contribution in [0.25, 0.3) is 0 Å². The molecule has 0 saturated heterocycles. The van der Waals surface area contributed by atoms with Crippen molar-refractivity contribution in [2.24, 2.45) is 0 Å². The molecule has 1 aromatic rings. The number of benzene rings is 1. The summed E-state index contributed by atoms with van der Waals surface area (Å²) in [5, 5.41) is 2.07. The third kappa shape index (κ3) is 4.67. The van der Waals surface area contributed by atoms with Crippen LogP contribution in [0.1, 0.15) is 39.0 Å². The SMILES string of the molecule is C[C@H](N[P+](=O)Oc1c(F)c(F)c(F)c(F)c1F)C(=O)OC1CCCCC1. The van der Waals surface area contributed by atoms with Crippen molar-refractivity contribution in [2.75, 3.05) is 0 Å². The summed E-state index contributed by atoms with van der Waals surface area (Å²) in [6.07, 6.45) is 4.00. The standard InChI is InChI=1S/C15H16F5NO4P/c1-7(15(22)24-8-5-3-2-4-6-8)21-26(23)25-14-12(19)10(17)9(16)11(18)13(14)20/h7-8H,2-6H2,1H3,(H,21,23)/q+1/t7-/m0/s1. The largest absolute Gasteiger partial charge is 0.664 e. The van der Waals surface area contributed by atoms with Gasteiger partial charge >= 0.3 is 14.1 Å². The number of ether oxygens (including phenoxy) is 1. The molecule has 1 fully saturated rings. The molecule has 0 spiro atoms. The van der Waals surface area contributed by atoms with Gasteiger partial charge in [0.25, 0.3) is 5.75 Å². The fraction of sp³-hybridized carbons (Fsp3) is 0.533. The lowest BCUT2D eigenvalue weighted by atomic mass is 9.98. The molecule has 2 atom stereocenters. The van der Waals surface area contributed by atoms with Crippen molar-refractivity contribution < 1.29 is 40.6 Å². The van der Waals surface area contributed by atoms with Crippen molar-refractivity contribution in [1.29, 1.82) is 0 Å². The minimum absolute atomic E-state index is 0.269. The average molecular weight is 400 g/mol. The van der Waals surface area contributed by atoms with Crippen molar-refractivity contribution >= 4 is 14.1 Å². The van der Waals surface area contributed by atoms with Gasteiger partial charge in [-0.2, -0.15) is 8.78 Å². The maximum absolute atomic E-state index is 13.5. The Balaban J connectivity index is 1.99. The molecule has 0 heterocycles. The molecule has 5 nitrogen and oxygen atoms in total. The zero-order chi connectivity index (χ0) is 19.4. The van der Waals surface area contributed by atoms with Crippen LogP contribution in [0.15, 0.2) is 0 Å². The summed E-state index contributed by atoms with van der Waals surface area (Å²) < 4.78 is 87.3. The maximum atomic E-state index is 13.5. The van der Waals surface area contributed by atoms with Crippen molar-refractivity contribution in [3.63, 3.8) is 0 Å². The van der Waals surface area contributed by atoms with Crippen LogP contribution in [-0.4, -0.2) is 18.1 Å². The van der Waals surface area contributed by atoms with Crippen LogP contribution in [0, 0.1) is 29.1 Å². The van der Waals surface area contributed by atoms with Crippen molar-refractivity contribution in [3.8, 4) is 5.75 Å². The van der Waals surface area contributed by atoms with Crippen LogP contribution in [0.5, 0.6) is 5.75 Å². The molecule has 1 unspecified atom stereocenters. The van der Waals surface area contributed by atoms with Crippen LogP contribution in [0.3, 0.4) is 0 Å². The molecule has 11 heteroatoms. The molecule has 1 aliphatic rings. The topological polar surface area (TPSA) is 64.6 Å². The molecule has 2 rings (SSSR count). The first kappa shape index (κ1) is 20.5. The van der Waals surface area contributed by atoms with E-state index in [0.29, 0.717) is 12.8 Å². The van der Waals surface area contributed by atoms with E-state index >= 15 is 0 Å². The van der Waals surface area contributed by atoms with Crippen LogP contribution < -0.4 is 9.61 Å². The number of carbonyl (C=O) groups excluding carboxylic acids is 1. The van der Waals surface area contributed by atoms with Crippen molar-refractivity contribution in [3.05, 3.63) is 29.1 Å². The highest BCUT2D eigenvalue weighted by atomic mass is 31.1. The van der Waals surface area contributed by atoms with E-state index in [9.17, 15) is 31.3 Å². The van der Waals surface area contributed by atoms with Crippen LogP contribution in [-0.2, 0) is 14.1 Å². The summed E-state index contributed by atoms with van der Waals surface area (Å²) in [5.74, 6) is -13.8. The smallest absolute Gasteiger partial charge is 0.461 e. The lowest BCUT2D eigenvalue weighted by molar-refractivity contribution is -0.152. The molecule has 1 N–H and O–H groups in total. The molecule has 144 valence electrons. The first-order valence-electron chi connectivity index (χ1n) is 7.85. The molecule has 0 aliphatic heterocycles. The first-order valence-corrected chi connectivity index (χ1v) is 9.03. The highest BCUT2D eigenvalue weighted by Gasteiger charge is 2.36. The Morgan fingerprint density at radius 2 is 1.50 bits per heavy atom. The Labute approximate surface area is 146 Å². The minimum Gasteiger partial charge on any atom is -0.461 e. The Morgan fingerprint density at radius 3 is 2.04 bits per heavy atom. The molecule has 1 saturated carbocycles. The normalized spacial score (nSPS) is 16.9. The Bertz CT molecular complexity index is 683. The molecule has 0 radical (unpaired) electrons. The first-order chi connectivity index (χ1) is 12.2. The van der Waals surface area contributed by atoms with Gasteiger partial charge < -0.3 is 4.74 Å². The lowest BCUT2D eigenvalue weighted by Gasteiger charge is -2.22. The Kier molecular flexibility index (Phi) is 6.88. The van der Waals surface area contributed by atoms with E-state index in [0.717, 1.165) is 19.3 Å². The van der Waals surface area contributed by atoms with E-state index in [4.69, 9.17) is 4.74 Å². The van der Waals surface area contributed by atoms with Gasteiger partial charge in [0.05, 0.1) is 0 Å². The zero-order valence-corrected chi connectivity index (χ0v) is 14.6. The number of carbonyl (C=O) groups is 1. The second-order valence-corrected chi connectivity index (χ2v) is 6.75. The summed E-state index contributed by atoms with van der Waals surface area (Å²) >= 11 is 0. The van der Waals surface area contributed by atoms with E-state index in [1.807, 2.05) is 0 Å². The van der Waals surface area contributed by atoms with Gasteiger partial charge in [-0.05, 0) is 32.6 Å². The molecule has 26 heavy (non-hydrogen) atoms. The third-order valence-corrected chi connectivity index (χ3v) is 4.78. The Hall–Kier alpha value is -1.80. The van der Waals surface area contributed by atoms with Gasteiger partial charge in [0.2, 0.25) is 29.1 Å². The molecule has 0 aromatic heterocycles. The van der Waals surface area contributed by atoms with Gasteiger partial charge in [0.15, 0.2) is 0 Å². The summed E-state index contributed by atoms with van der Waals surface area (Å²) in [4.78, 5) is 11.9. The van der Waals surface area contributed by atoms with E-state index in [1.54, 1.807) is 0 Å². The number of hydrogen-bond donors (Lipinski definition) is 1. The van der Waals surface area contributed by atoms with E-state index < -0.39 is 55.0 Å². The van der Waals surface area contributed by atoms with Crippen LogP contribution in [0.4, 0.5) is 22.0 Å². The number of halogens is 5. The highest BCUT2D eigenvalue weighted by molar-refractivity contribution is 7.37. The average Bonchev–Trinajstić information content (AvgIpc) is 2.62. The minimum atomic E-state index is -3.16. The number of esters is 1. The predicted octanol–water partition coefficient (Wildman–Crippen LogP) is 4.27. The van der Waals surface area contributed by atoms with E-state index in [1.165, 1.54) is 6.92 Å². The highest BCUT2D eigenvalue weighted by Crippen LogP contribution is 2.34. The van der Waals surface area contributed by atoms with Crippen molar-refractivity contribution in [2.45, 2.75) is 51.2 Å². The fourth-order valence-electron chi connectivity index (χ4n) is 2.43. The molecule has 0 bridgehead atoms. The van der Waals surface area contributed by atoms with Gasteiger partial charge in [-0.3, -0.25) is 4.79 Å². The number of nitrogens with one attached hydrogen (secondary N) is 1. The van der Waals surface area contributed by atoms with Gasteiger partial charge in [-0.1, -0.05) is 11.5 Å². The van der Waals surface area contributed by atoms with Crippen LogP contribution in [0.2, 0.25) is 0 Å². The van der Waals surface area contributed by atoms with Gasteiger partial charge in [0.1, 0.15) is 12.1 Å². The summed E-state index contributed by atoms with van der Waals surface area (Å²) in [7, 11) is -3.16. The second kappa shape index (κ2) is 8.73. The summed E-state index contributed by atoms with van der Waals surface area (Å²) in [6.45, 7) is 1.26. The fourth-order valence-corrected chi connectivity index (χ4v) is 3.23. The zero-order valence-electron chi connectivity index (χ0n) is 13.7. The summed E-state index contributed by atoms with van der Waals surface area (Å²) in [5.41, 5.74) is 0. The van der Waals surface area contributed by atoms with E-state index in [-0.39, 0.29) is 6.10 Å². The van der Waals surface area contributed by atoms with Gasteiger partial charge in [-0.15, -0.1) is 0 Å². The monoisotopic (exact) mass is 400 g/mol. The van der Waals surface area contributed by atoms with Gasteiger partial charge in [0, 0.05) is 4.57 Å².